The fourth-order valence-corrected chi connectivity index (χ4v) is 5.05. The molecule has 2 heterocycles. The van der Waals surface area contributed by atoms with E-state index >= 15 is 0 Å². The lowest BCUT2D eigenvalue weighted by Gasteiger charge is -2.09. The maximum absolute atomic E-state index is 12.6. The molecule has 0 radical (unpaired) electrons. The van der Waals surface area contributed by atoms with E-state index in [1.54, 1.807) is 6.07 Å². The van der Waals surface area contributed by atoms with Gasteiger partial charge in [-0.15, -0.1) is 11.3 Å². The van der Waals surface area contributed by atoms with Crippen LogP contribution in [0.1, 0.15) is 36.3 Å². The van der Waals surface area contributed by atoms with Crippen LogP contribution in [0.15, 0.2) is 53.7 Å². The Hall–Kier alpha value is -3.32. The number of nitrogens with zero attached hydrogens (tertiary/aromatic N) is 2. The number of halogens is 3. The normalized spacial score (nSPS) is 11.8. The maximum atomic E-state index is 12.6. The first-order valence-corrected chi connectivity index (χ1v) is 11.3. The highest BCUT2D eigenvalue weighted by molar-refractivity contribution is 7.90. The first-order chi connectivity index (χ1) is 15.0. The lowest BCUT2D eigenvalue weighted by atomic mass is 10.1. The van der Waals surface area contributed by atoms with Gasteiger partial charge in [0.2, 0.25) is 9.84 Å². The summed E-state index contributed by atoms with van der Waals surface area (Å²) in [6.45, 7) is 1.50. The summed E-state index contributed by atoms with van der Waals surface area (Å²) in [5.41, 5.74) is 3.48. The van der Waals surface area contributed by atoms with Crippen LogP contribution in [0.2, 0.25) is 0 Å². The number of pyridine rings is 1. The SMILES string of the molecule is Cc1nc(CS(=O)(=O)c2ccccn2)sc1C(=O)NNC(=O)c1ccc(C(F)(F)F)cc1. The van der Waals surface area contributed by atoms with Crippen molar-refractivity contribution in [2.75, 3.05) is 0 Å². The first-order valence-electron chi connectivity index (χ1n) is 8.85. The number of rotatable bonds is 5. The molecule has 2 N–H and O–H groups in total. The molecule has 0 saturated carbocycles. The standard InChI is InChI=1S/C19H15F3N4O4S2/c1-11-16(31-14(24-11)10-32(29,30)15-4-2-3-9-23-15)18(28)26-25-17(27)12-5-7-13(8-6-12)19(20,21)22/h2-9H,10H2,1H3,(H,25,27)(H,26,28). The second-order valence-corrected chi connectivity index (χ2v) is 9.45. The van der Waals surface area contributed by atoms with E-state index in [-0.39, 0.29) is 26.2 Å². The van der Waals surface area contributed by atoms with Crippen molar-refractivity contribution in [2.45, 2.75) is 23.9 Å². The number of aryl methyl sites for hydroxylation is 1. The van der Waals surface area contributed by atoms with Crippen molar-refractivity contribution in [1.29, 1.82) is 0 Å². The predicted molar refractivity (Wildman–Crippen MR) is 108 cm³/mol. The molecular formula is C19H15F3N4O4S2. The van der Waals surface area contributed by atoms with Gasteiger partial charge >= 0.3 is 6.18 Å². The summed E-state index contributed by atoms with van der Waals surface area (Å²) in [6.07, 6.45) is -3.19. The molecule has 168 valence electrons. The van der Waals surface area contributed by atoms with Crippen molar-refractivity contribution in [3.8, 4) is 0 Å². The Balaban J connectivity index is 1.65. The largest absolute Gasteiger partial charge is 0.416 e. The van der Waals surface area contributed by atoms with Gasteiger partial charge in [-0.1, -0.05) is 6.07 Å². The van der Waals surface area contributed by atoms with Crippen molar-refractivity contribution in [1.82, 2.24) is 20.8 Å². The van der Waals surface area contributed by atoms with Crippen LogP contribution in [0.25, 0.3) is 0 Å². The lowest BCUT2D eigenvalue weighted by Crippen LogP contribution is -2.41. The molecule has 0 fully saturated rings. The quantitative estimate of drug-likeness (QED) is 0.538. The number of amides is 2. The summed E-state index contributed by atoms with van der Waals surface area (Å²) in [5.74, 6) is -2.03. The summed E-state index contributed by atoms with van der Waals surface area (Å²) in [5, 5.41) is 0.0371. The molecule has 0 saturated heterocycles. The van der Waals surface area contributed by atoms with E-state index in [0.29, 0.717) is 0 Å². The van der Waals surface area contributed by atoms with E-state index < -0.39 is 39.1 Å². The van der Waals surface area contributed by atoms with Crippen LogP contribution >= 0.6 is 11.3 Å². The van der Waals surface area contributed by atoms with Gasteiger partial charge in [0, 0.05) is 11.8 Å². The van der Waals surface area contributed by atoms with Gasteiger partial charge in [-0.25, -0.2) is 18.4 Å². The van der Waals surface area contributed by atoms with Crippen LogP contribution in [0.3, 0.4) is 0 Å². The highest BCUT2D eigenvalue weighted by atomic mass is 32.2. The monoisotopic (exact) mass is 484 g/mol. The molecule has 13 heteroatoms. The molecule has 2 aromatic heterocycles. The molecule has 8 nitrogen and oxygen atoms in total. The number of alkyl halides is 3. The Labute approximate surface area is 184 Å². The van der Waals surface area contributed by atoms with Crippen LogP contribution in [0.5, 0.6) is 0 Å². The summed E-state index contributed by atoms with van der Waals surface area (Å²) < 4.78 is 62.6. The fourth-order valence-electron chi connectivity index (χ4n) is 2.55. The summed E-state index contributed by atoms with van der Waals surface area (Å²) in [7, 11) is -3.76. The van der Waals surface area contributed by atoms with Gasteiger partial charge < -0.3 is 0 Å². The van der Waals surface area contributed by atoms with Gasteiger partial charge in [-0.05, 0) is 43.3 Å². The molecule has 0 unspecified atom stereocenters. The second-order valence-electron chi connectivity index (χ2n) is 6.43. The number of hydrogen-bond acceptors (Lipinski definition) is 7. The molecule has 3 rings (SSSR count). The number of aromatic nitrogens is 2. The average Bonchev–Trinajstić information content (AvgIpc) is 3.11. The van der Waals surface area contributed by atoms with Gasteiger partial charge in [-0.3, -0.25) is 20.4 Å². The van der Waals surface area contributed by atoms with E-state index in [1.807, 2.05) is 0 Å². The second kappa shape index (κ2) is 9.04. The van der Waals surface area contributed by atoms with Crippen molar-refractivity contribution >= 4 is 33.0 Å². The summed E-state index contributed by atoms with van der Waals surface area (Å²) in [4.78, 5) is 32.4. The third kappa shape index (κ3) is 5.48. The summed E-state index contributed by atoms with van der Waals surface area (Å²) in [6, 6.07) is 7.90. The topological polar surface area (TPSA) is 118 Å². The smallest absolute Gasteiger partial charge is 0.267 e. The number of carbonyl (C=O) groups is 2. The number of thiazole rings is 1. The van der Waals surface area contributed by atoms with Gasteiger partial charge in [0.1, 0.15) is 15.6 Å². The number of hydrogen-bond donors (Lipinski definition) is 2. The number of hydrazine groups is 1. The van der Waals surface area contributed by atoms with E-state index in [2.05, 4.69) is 20.8 Å². The molecule has 1 aromatic carbocycles. The van der Waals surface area contributed by atoms with E-state index in [4.69, 9.17) is 0 Å². The molecule has 0 spiro atoms. The lowest BCUT2D eigenvalue weighted by molar-refractivity contribution is -0.137. The molecule has 0 aliphatic heterocycles. The Kier molecular flexibility index (Phi) is 6.60. The average molecular weight is 484 g/mol. The Bertz CT molecular complexity index is 1240. The first kappa shape index (κ1) is 23.3. The number of nitrogens with one attached hydrogen (secondary N) is 2. The zero-order valence-corrected chi connectivity index (χ0v) is 17.9. The zero-order valence-electron chi connectivity index (χ0n) is 16.3. The van der Waals surface area contributed by atoms with Gasteiger partial charge in [0.05, 0.1) is 11.3 Å². The molecule has 0 aliphatic carbocycles. The van der Waals surface area contributed by atoms with Crippen molar-refractivity contribution in [3.05, 3.63) is 75.4 Å². The minimum absolute atomic E-state index is 0.0731. The molecule has 2 amide bonds. The molecular weight excluding hydrogens is 469 g/mol. The number of sulfone groups is 1. The van der Waals surface area contributed by atoms with Crippen LogP contribution in [0.4, 0.5) is 13.2 Å². The third-order valence-electron chi connectivity index (χ3n) is 4.08. The third-order valence-corrected chi connectivity index (χ3v) is 6.95. The molecule has 32 heavy (non-hydrogen) atoms. The van der Waals surface area contributed by atoms with Crippen molar-refractivity contribution < 1.29 is 31.2 Å². The molecule has 0 bridgehead atoms. The van der Waals surface area contributed by atoms with E-state index in [9.17, 15) is 31.2 Å². The Morgan fingerprint density at radius 2 is 1.69 bits per heavy atom. The minimum atomic E-state index is -4.53. The molecule has 3 aromatic rings. The summed E-state index contributed by atoms with van der Waals surface area (Å²) >= 11 is 0.835. The van der Waals surface area contributed by atoms with E-state index in [0.717, 1.165) is 35.6 Å². The molecule has 0 atom stereocenters. The van der Waals surface area contributed by atoms with Crippen LogP contribution in [0, 0.1) is 6.92 Å². The maximum Gasteiger partial charge on any atom is 0.416 e. The van der Waals surface area contributed by atoms with Gasteiger partial charge in [0.25, 0.3) is 11.8 Å². The fraction of sp³-hybridized carbons (Fsp3) is 0.158. The Morgan fingerprint density at radius 3 is 2.28 bits per heavy atom. The Morgan fingerprint density at radius 1 is 1.03 bits per heavy atom. The van der Waals surface area contributed by atoms with Crippen LogP contribution in [-0.2, 0) is 21.8 Å². The number of benzene rings is 1. The minimum Gasteiger partial charge on any atom is -0.267 e. The van der Waals surface area contributed by atoms with Crippen LogP contribution in [-0.4, -0.2) is 30.2 Å². The van der Waals surface area contributed by atoms with Crippen molar-refractivity contribution in [3.63, 3.8) is 0 Å². The van der Waals surface area contributed by atoms with E-state index in [1.165, 1.54) is 25.3 Å². The highest BCUT2D eigenvalue weighted by Crippen LogP contribution is 2.29. The number of carbonyl (C=O) groups excluding carboxylic acids is 2. The van der Waals surface area contributed by atoms with Crippen LogP contribution < -0.4 is 10.9 Å². The van der Waals surface area contributed by atoms with Gasteiger partial charge in [0.15, 0.2) is 5.03 Å². The predicted octanol–water partition coefficient (Wildman–Crippen LogP) is 2.91. The van der Waals surface area contributed by atoms with Crippen molar-refractivity contribution in [2.24, 2.45) is 0 Å². The highest BCUT2D eigenvalue weighted by Gasteiger charge is 2.30. The van der Waals surface area contributed by atoms with Gasteiger partial charge in [-0.2, -0.15) is 13.2 Å². The zero-order chi connectivity index (χ0) is 23.5. The molecule has 0 aliphatic rings.